The van der Waals surface area contributed by atoms with Gasteiger partial charge in [0.05, 0.1) is 4.92 Å². The lowest BCUT2D eigenvalue weighted by molar-refractivity contribution is -0.387. The molecule has 1 aliphatic rings. The van der Waals surface area contributed by atoms with Crippen LogP contribution in [0.25, 0.3) is 0 Å². The van der Waals surface area contributed by atoms with Crippen molar-refractivity contribution in [1.82, 2.24) is 9.62 Å². The van der Waals surface area contributed by atoms with Gasteiger partial charge in [-0.25, -0.2) is 8.42 Å². The standard InChI is InChI=1S/C13H19N3O4S/c1-9-6-12(16(17)18)13(7-10(9)2)21(19,20)15-5-4-14-11(3)8-15/h6-7,11,14H,4-5,8H2,1-3H3/t11-/m1/s1. The van der Waals surface area contributed by atoms with E-state index in [4.69, 9.17) is 0 Å². The van der Waals surface area contributed by atoms with Crippen molar-refractivity contribution in [2.45, 2.75) is 31.7 Å². The molecule has 1 aromatic rings. The second-order valence-electron chi connectivity index (χ2n) is 5.38. The molecule has 21 heavy (non-hydrogen) atoms. The van der Waals surface area contributed by atoms with Crippen molar-refractivity contribution in [2.24, 2.45) is 0 Å². The fourth-order valence-electron chi connectivity index (χ4n) is 2.38. The van der Waals surface area contributed by atoms with E-state index in [2.05, 4.69) is 5.32 Å². The van der Waals surface area contributed by atoms with Gasteiger partial charge in [-0.15, -0.1) is 0 Å². The zero-order chi connectivity index (χ0) is 15.8. The number of rotatable bonds is 3. The number of nitrogens with one attached hydrogen (secondary N) is 1. The molecular weight excluding hydrogens is 294 g/mol. The van der Waals surface area contributed by atoms with E-state index >= 15 is 0 Å². The summed E-state index contributed by atoms with van der Waals surface area (Å²) in [6, 6.07) is 2.75. The van der Waals surface area contributed by atoms with Gasteiger partial charge >= 0.3 is 0 Å². The SMILES string of the molecule is Cc1cc([N+](=O)[O-])c(S(=O)(=O)N2CCN[C@H](C)C2)cc1C. The molecule has 0 unspecified atom stereocenters. The van der Waals surface area contributed by atoms with Crippen LogP contribution in [0.5, 0.6) is 0 Å². The molecule has 1 saturated heterocycles. The van der Waals surface area contributed by atoms with Gasteiger partial charge in [-0.2, -0.15) is 4.31 Å². The van der Waals surface area contributed by atoms with Gasteiger partial charge in [0.2, 0.25) is 10.0 Å². The molecule has 1 aliphatic heterocycles. The molecule has 0 aromatic heterocycles. The summed E-state index contributed by atoms with van der Waals surface area (Å²) in [4.78, 5) is 10.3. The molecule has 8 heteroatoms. The molecule has 1 N–H and O–H groups in total. The first-order valence-corrected chi connectivity index (χ1v) is 8.16. The fraction of sp³-hybridized carbons (Fsp3) is 0.538. The Bertz CT molecular complexity index is 672. The first-order valence-electron chi connectivity index (χ1n) is 6.72. The van der Waals surface area contributed by atoms with E-state index < -0.39 is 14.9 Å². The summed E-state index contributed by atoms with van der Waals surface area (Å²) in [5, 5.41) is 14.3. The monoisotopic (exact) mass is 313 g/mol. The zero-order valence-corrected chi connectivity index (χ0v) is 13.1. The first kappa shape index (κ1) is 15.9. The maximum absolute atomic E-state index is 12.7. The van der Waals surface area contributed by atoms with Crippen molar-refractivity contribution in [2.75, 3.05) is 19.6 Å². The van der Waals surface area contributed by atoms with Crippen molar-refractivity contribution in [1.29, 1.82) is 0 Å². The quantitative estimate of drug-likeness (QED) is 0.668. The van der Waals surface area contributed by atoms with E-state index in [9.17, 15) is 18.5 Å². The lowest BCUT2D eigenvalue weighted by Gasteiger charge is -2.30. The Balaban J connectivity index is 2.53. The van der Waals surface area contributed by atoms with E-state index in [1.165, 1.54) is 16.4 Å². The molecule has 1 atom stereocenters. The normalized spacial score (nSPS) is 20.4. The van der Waals surface area contributed by atoms with Crippen LogP contribution < -0.4 is 5.32 Å². The Morgan fingerprint density at radius 2 is 1.95 bits per heavy atom. The van der Waals surface area contributed by atoms with E-state index in [0.29, 0.717) is 25.2 Å². The average Bonchev–Trinajstić information content (AvgIpc) is 2.41. The third-order valence-electron chi connectivity index (χ3n) is 3.72. The molecule has 2 rings (SSSR count). The predicted octanol–water partition coefficient (Wildman–Crippen LogP) is 1.19. The van der Waals surface area contributed by atoms with Crippen LogP contribution in [0.4, 0.5) is 5.69 Å². The number of benzene rings is 1. The predicted molar refractivity (Wildman–Crippen MR) is 78.8 cm³/mol. The van der Waals surface area contributed by atoms with Gasteiger partial charge in [0, 0.05) is 31.7 Å². The molecule has 0 saturated carbocycles. The summed E-state index contributed by atoms with van der Waals surface area (Å²) in [5.74, 6) is 0. The molecule has 1 fully saturated rings. The minimum atomic E-state index is -3.86. The number of nitro groups is 1. The smallest absolute Gasteiger partial charge is 0.289 e. The van der Waals surface area contributed by atoms with Crippen LogP contribution in [0.15, 0.2) is 17.0 Å². The summed E-state index contributed by atoms with van der Waals surface area (Å²) < 4.78 is 26.7. The van der Waals surface area contributed by atoms with Gasteiger partial charge in [0.15, 0.2) is 4.90 Å². The highest BCUT2D eigenvalue weighted by atomic mass is 32.2. The molecule has 0 radical (unpaired) electrons. The minimum Gasteiger partial charge on any atom is -0.312 e. The second-order valence-corrected chi connectivity index (χ2v) is 7.29. The number of hydrogen-bond acceptors (Lipinski definition) is 5. The number of hydrogen-bond donors (Lipinski definition) is 1. The van der Waals surface area contributed by atoms with Crippen molar-refractivity contribution >= 4 is 15.7 Å². The van der Waals surface area contributed by atoms with Crippen molar-refractivity contribution < 1.29 is 13.3 Å². The molecule has 0 bridgehead atoms. The summed E-state index contributed by atoms with van der Waals surface area (Å²) in [7, 11) is -3.86. The Morgan fingerprint density at radius 1 is 1.33 bits per heavy atom. The Hall–Kier alpha value is -1.51. The maximum atomic E-state index is 12.7. The van der Waals surface area contributed by atoms with E-state index in [1.807, 2.05) is 6.92 Å². The highest BCUT2D eigenvalue weighted by Gasteiger charge is 2.34. The number of sulfonamides is 1. The molecule has 0 amide bonds. The van der Waals surface area contributed by atoms with Crippen LogP contribution in [0, 0.1) is 24.0 Å². The van der Waals surface area contributed by atoms with Gasteiger partial charge in [-0.1, -0.05) is 0 Å². The summed E-state index contributed by atoms with van der Waals surface area (Å²) in [6.45, 7) is 6.53. The van der Waals surface area contributed by atoms with Crippen LogP contribution >= 0.6 is 0 Å². The lowest BCUT2D eigenvalue weighted by atomic mass is 10.1. The van der Waals surface area contributed by atoms with Crippen molar-refractivity contribution in [3.8, 4) is 0 Å². The number of nitro benzene ring substituents is 1. The largest absolute Gasteiger partial charge is 0.312 e. The first-order chi connectivity index (χ1) is 9.73. The topological polar surface area (TPSA) is 92.5 Å². The third kappa shape index (κ3) is 3.07. The van der Waals surface area contributed by atoms with E-state index in [-0.39, 0.29) is 16.6 Å². The van der Waals surface area contributed by atoms with Gasteiger partial charge in [-0.05, 0) is 38.0 Å². The summed E-state index contributed by atoms with van der Waals surface area (Å²) in [6.07, 6.45) is 0. The maximum Gasteiger partial charge on any atom is 0.289 e. The summed E-state index contributed by atoms with van der Waals surface area (Å²) in [5.41, 5.74) is 1.07. The van der Waals surface area contributed by atoms with Crippen LogP contribution in [-0.4, -0.2) is 43.3 Å². The Labute approximate surface area is 124 Å². The van der Waals surface area contributed by atoms with Crippen LogP contribution in [0.1, 0.15) is 18.1 Å². The number of aryl methyl sites for hydroxylation is 2. The number of nitrogens with zero attached hydrogens (tertiary/aromatic N) is 2. The van der Waals surface area contributed by atoms with Crippen molar-refractivity contribution in [3.63, 3.8) is 0 Å². The minimum absolute atomic E-state index is 0.0270. The average molecular weight is 313 g/mol. The molecule has 0 aliphatic carbocycles. The highest BCUT2D eigenvalue weighted by Crippen LogP contribution is 2.30. The molecule has 0 spiro atoms. The zero-order valence-electron chi connectivity index (χ0n) is 12.3. The molecule has 1 aromatic carbocycles. The second kappa shape index (κ2) is 5.70. The Kier molecular flexibility index (Phi) is 4.31. The summed E-state index contributed by atoms with van der Waals surface area (Å²) >= 11 is 0. The van der Waals surface area contributed by atoms with Gasteiger partial charge in [0.1, 0.15) is 0 Å². The lowest BCUT2D eigenvalue weighted by Crippen LogP contribution is -2.51. The van der Waals surface area contributed by atoms with Crippen LogP contribution in [-0.2, 0) is 10.0 Å². The van der Waals surface area contributed by atoms with Crippen LogP contribution in [0.2, 0.25) is 0 Å². The van der Waals surface area contributed by atoms with Crippen LogP contribution in [0.3, 0.4) is 0 Å². The molecule has 116 valence electrons. The van der Waals surface area contributed by atoms with Gasteiger partial charge in [-0.3, -0.25) is 10.1 Å². The highest BCUT2D eigenvalue weighted by molar-refractivity contribution is 7.89. The van der Waals surface area contributed by atoms with Gasteiger partial charge < -0.3 is 5.32 Å². The van der Waals surface area contributed by atoms with Gasteiger partial charge in [0.25, 0.3) is 5.69 Å². The molecule has 1 heterocycles. The van der Waals surface area contributed by atoms with Crippen molar-refractivity contribution in [3.05, 3.63) is 33.4 Å². The number of piperazine rings is 1. The fourth-order valence-corrected chi connectivity index (χ4v) is 4.13. The third-order valence-corrected chi connectivity index (χ3v) is 5.62. The Morgan fingerprint density at radius 3 is 2.52 bits per heavy atom. The molecular formula is C13H19N3O4S. The molecule has 7 nitrogen and oxygen atoms in total. The van der Waals surface area contributed by atoms with E-state index in [1.54, 1.807) is 13.8 Å². The van der Waals surface area contributed by atoms with E-state index in [0.717, 1.165) is 5.56 Å².